The van der Waals surface area contributed by atoms with Crippen molar-refractivity contribution in [2.75, 3.05) is 31.0 Å². The number of benzene rings is 2. The van der Waals surface area contributed by atoms with Gasteiger partial charge in [0.05, 0.1) is 13.0 Å². The van der Waals surface area contributed by atoms with Crippen molar-refractivity contribution in [2.45, 2.75) is 13.3 Å². The van der Waals surface area contributed by atoms with E-state index < -0.39 is 6.09 Å². The summed E-state index contributed by atoms with van der Waals surface area (Å²) in [5.41, 5.74) is 3.24. The first-order chi connectivity index (χ1) is 12.1. The number of amides is 2. The quantitative estimate of drug-likeness (QED) is 0.756. The first kappa shape index (κ1) is 18.5. The molecule has 2 rings (SSSR count). The average molecular weight is 342 g/mol. The van der Waals surface area contributed by atoms with Crippen LogP contribution in [0.15, 0.2) is 48.5 Å². The topological polar surface area (TPSA) is 76.7 Å². The maximum absolute atomic E-state index is 12.1. The van der Waals surface area contributed by atoms with Crippen molar-refractivity contribution < 1.29 is 19.1 Å². The van der Waals surface area contributed by atoms with Gasteiger partial charge in [0, 0.05) is 18.5 Å². The largest absolute Gasteiger partial charge is 0.447 e. The molecule has 0 heterocycles. The van der Waals surface area contributed by atoms with Crippen LogP contribution in [0.3, 0.4) is 0 Å². The molecule has 2 amide bonds. The van der Waals surface area contributed by atoms with Crippen molar-refractivity contribution in [3.05, 3.63) is 59.7 Å². The van der Waals surface area contributed by atoms with E-state index in [1.165, 1.54) is 7.11 Å². The van der Waals surface area contributed by atoms with E-state index in [-0.39, 0.29) is 18.9 Å². The summed E-state index contributed by atoms with van der Waals surface area (Å²) in [5.74, 6) is -0.122. The smallest absolute Gasteiger partial charge is 0.411 e. The van der Waals surface area contributed by atoms with Gasteiger partial charge in [0.25, 0.3) is 0 Å². The summed E-state index contributed by atoms with van der Waals surface area (Å²) in [4.78, 5) is 23.8. The summed E-state index contributed by atoms with van der Waals surface area (Å²) >= 11 is 0. The van der Waals surface area contributed by atoms with E-state index >= 15 is 0 Å². The van der Waals surface area contributed by atoms with E-state index in [0.717, 1.165) is 11.1 Å². The van der Waals surface area contributed by atoms with Crippen LogP contribution in [-0.4, -0.2) is 32.3 Å². The number of hydrogen-bond acceptors (Lipinski definition) is 4. The Bertz CT molecular complexity index is 714. The number of carbonyl (C=O) groups is 2. The molecule has 0 fully saturated rings. The molecule has 0 aliphatic rings. The van der Waals surface area contributed by atoms with Crippen molar-refractivity contribution in [1.29, 1.82) is 0 Å². The first-order valence-corrected chi connectivity index (χ1v) is 7.95. The van der Waals surface area contributed by atoms with Crippen LogP contribution in [0.4, 0.5) is 16.2 Å². The lowest BCUT2D eigenvalue weighted by Crippen LogP contribution is -2.17. The number of anilines is 2. The zero-order chi connectivity index (χ0) is 18.1. The molecule has 6 heteroatoms. The minimum absolute atomic E-state index is 0.122. The number of ether oxygens (including phenoxy) is 2. The highest BCUT2D eigenvalue weighted by atomic mass is 16.6. The van der Waals surface area contributed by atoms with Crippen molar-refractivity contribution in [1.82, 2.24) is 0 Å². The molecule has 0 bridgehead atoms. The highest BCUT2D eigenvalue weighted by Gasteiger charge is 2.07. The predicted octanol–water partition coefficient (Wildman–Crippen LogP) is 3.37. The minimum atomic E-state index is -0.569. The maximum atomic E-state index is 12.1. The van der Waals surface area contributed by atoms with E-state index in [2.05, 4.69) is 10.6 Å². The third-order valence-electron chi connectivity index (χ3n) is 3.40. The van der Waals surface area contributed by atoms with Crippen LogP contribution >= 0.6 is 0 Å². The Morgan fingerprint density at radius 2 is 1.64 bits per heavy atom. The second kappa shape index (κ2) is 9.44. The molecule has 2 aromatic rings. The summed E-state index contributed by atoms with van der Waals surface area (Å²) in [6.45, 7) is 2.51. The zero-order valence-electron chi connectivity index (χ0n) is 14.4. The second-order valence-corrected chi connectivity index (χ2v) is 5.55. The molecule has 2 aromatic carbocycles. The van der Waals surface area contributed by atoms with Gasteiger partial charge in [-0.15, -0.1) is 0 Å². The van der Waals surface area contributed by atoms with Crippen LogP contribution < -0.4 is 10.6 Å². The number of methoxy groups -OCH3 is 1. The van der Waals surface area contributed by atoms with E-state index in [9.17, 15) is 9.59 Å². The number of rotatable bonds is 7. The van der Waals surface area contributed by atoms with Crippen LogP contribution in [0.25, 0.3) is 0 Å². The molecule has 0 saturated heterocycles. The summed E-state index contributed by atoms with van der Waals surface area (Å²) in [5, 5.41) is 5.42. The van der Waals surface area contributed by atoms with Gasteiger partial charge in [-0.2, -0.15) is 0 Å². The third-order valence-corrected chi connectivity index (χ3v) is 3.40. The maximum Gasteiger partial charge on any atom is 0.411 e. The fourth-order valence-electron chi connectivity index (χ4n) is 2.14. The van der Waals surface area contributed by atoms with Crippen LogP contribution in [0.5, 0.6) is 0 Å². The van der Waals surface area contributed by atoms with E-state index in [4.69, 9.17) is 9.47 Å². The summed E-state index contributed by atoms with van der Waals surface area (Å²) in [6, 6.07) is 14.7. The van der Waals surface area contributed by atoms with E-state index in [1.54, 1.807) is 24.3 Å². The standard InChI is InChI=1S/C19H22N2O4/c1-14-6-8-15(9-7-14)12-18(22)20-16-4-3-5-17(13-16)21-19(23)25-11-10-24-2/h3-9,13H,10-12H2,1-2H3,(H,20,22)(H,21,23). The van der Waals surface area contributed by atoms with Crippen LogP contribution in [0.2, 0.25) is 0 Å². The molecule has 2 N–H and O–H groups in total. The summed E-state index contributed by atoms with van der Waals surface area (Å²) in [7, 11) is 1.53. The lowest BCUT2D eigenvalue weighted by Gasteiger charge is -2.09. The fourth-order valence-corrected chi connectivity index (χ4v) is 2.14. The van der Waals surface area contributed by atoms with Crippen molar-refractivity contribution in [3.8, 4) is 0 Å². The van der Waals surface area contributed by atoms with Gasteiger partial charge in [-0.25, -0.2) is 4.79 Å². The molecular weight excluding hydrogens is 320 g/mol. The fraction of sp³-hybridized carbons (Fsp3) is 0.263. The lowest BCUT2D eigenvalue weighted by molar-refractivity contribution is -0.115. The van der Waals surface area contributed by atoms with Gasteiger partial charge in [-0.05, 0) is 30.7 Å². The van der Waals surface area contributed by atoms with E-state index in [1.807, 2.05) is 31.2 Å². The molecule has 0 unspecified atom stereocenters. The highest BCUT2D eigenvalue weighted by Crippen LogP contribution is 2.16. The molecule has 0 spiro atoms. The Hall–Kier alpha value is -2.86. The Labute approximate surface area is 147 Å². The van der Waals surface area contributed by atoms with Gasteiger partial charge in [0.2, 0.25) is 5.91 Å². The highest BCUT2D eigenvalue weighted by molar-refractivity contribution is 5.93. The first-order valence-electron chi connectivity index (χ1n) is 7.95. The number of nitrogens with one attached hydrogen (secondary N) is 2. The Kier molecular flexibility index (Phi) is 6.98. The van der Waals surface area contributed by atoms with Crippen molar-refractivity contribution in [3.63, 3.8) is 0 Å². The average Bonchev–Trinajstić information content (AvgIpc) is 2.57. The Balaban J connectivity index is 1.88. The molecule has 0 atom stereocenters. The molecule has 0 aromatic heterocycles. The number of carbonyl (C=O) groups excluding carboxylic acids is 2. The normalized spacial score (nSPS) is 10.2. The molecule has 0 aliphatic carbocycles. The number of aryl methyl sites for hydroxylation is 1. The van der Waals surface area contributed by atoms with Gasteiger partial charge >= 0.3 is 6.09 Å². The van der Waals surface area contributed by atoms with E-state index in [0.29, 0.717) is 18.0 Å². The van der Waals surface area contributed by atoms with Gasteiger partial charge in [-0.1, -0.05) is 35.9 Å². The second-order valence-electron chi connectivity index (χ2n) is 5.55. The molecule has 6 nitrogen and oxygen atoms in total. The van der Waals surface area contributed by atoms with Gasteiger partial charge in [0.15, 0.2) is 0 Å². The molecule has 132 valence electrons. The molecule has 0 saturated carbocycles. The van der Waals surface area contributed by atoms with Crippen molar-refractivity contribution >= 4 is 23.4 Å². The Morgan fingerprint density at radius 3 is 2.32 bits per heavy atom. The van der Waals surface area contributed by atoms with Crippen LogP contribution in [0.1, 0.15) is 11.1 Å². The summed E-state index contributed by atoms with van der Waals surface area (Å²) < 4.78 is 9.74. The Morgan fingerprint density at radius 1 is 0.960 bits per heavy atom. The number of hydrogen-bond donors (Lipinski definition) is 2. The van der Waals surface area contributed by atoms with Gasteiger partial charge in [0.1, 0.15) is 6.61 Å². The zero-order valence-corrected chi connectivity index (χ0v) is 14.4. The predicted molar refractivity (Wildman–Crippen MR) is 96.8 cm³/mol. The van der Waals surface area contributed by atoms with Crippen molar-refractivity contribution in [2.24, 2.45) is 0 Å². The SMILES string of the molecule is COCCOC(=O)Nc1cccc(NC(=O)Cc2ccc(C)cc2)c1. The summed E-state index contributed by atoms with van der Waals surface area (Å²) in [6.07, 6.45) is -0.281. The molecular formula is C19H22N2O4. The monoisotopic (exact) mass is 342 g/mol. The molecule has 0 radical (unpaired) electrons. The lowest BCUT2D eigenvalue weighted by atomic mass is 10.1. The third kappa shape index (κ3) is 6.64. The van der Waals surface area contributed by atoms with Gasteiger partial charge < -0.3 is 14.8 Å². The van der Waals surface area contributed by atoms with Crippen LogP contribution in [-0.2, 0) is 20.7 Å². The molecule has 0 aliphatic heterocycles. The molecule has 25 heavy (non-hydrogen) atoms. The van der Waals surface area contributed by atoms with Gasteiger partial charge in [-0.3, -0.25) is 10.1 Å². The van der Waals surface area contributed by atoms with Crippen LogP contribution in [0, 0.1) is 6.92 Å². The minimum Gasteiger partial charge on any atom is -0.447 e.